The van der Waals surface area contributed by atoms with Crippen molar-refractivity contribution in [1.29, 1.82) is 0 Å². The zero-order chi connectivity index (χ0) is 17.2. The fraction of sp³-hybridized carbons (Fsp3) is 0.143. The van der Waals surface area contributed by atoms with Gasteiger partial charge >= 0.3 is 0 Å². The molecule has 0 bridgehead atoms. The third-order valence-electron chi connectivity index (χ3n) is 4.49. The molecule has 0 unspecified atom stereocenters. The number of nitrogens with zero attached hydrogens (tertiary/aromatic N) is 2. The summed E-state index contributed by atoms with van der Waals surface area (Å²) in [5.41, 5.74) is 4.51. The third-order valence-corrected chi connectivity index (χ3v) is 4.49. The molecule has 1 aliphatic carbocycles. The van der Waals surface area contributed by atoms with Crippen LogP contribution in [0.4, 0.5) is 0 Å². The van der Waals surface area contributed by atoms with Gasteiger partial charge in [-0.2, -0.15) is 5.10 Å². The topological polar surface area (TPSA) is 44.1 Å². The third kappa shape index (κ3) is 2.87. The monoisotopic (exact) mass is 330 g/mol. The summed E-state index contributed by atoms with van der Waals surface area (Å²) in [5, 5.41) is 4.43. The van der Waals surface area contributed by atoms with E-state index in [9.17, 15) is 4.79 Å². The van der Waals surface area contributed by atoms with E-state index in [1.165, 1.54) is 0 Å². The van der Waals surface area contributed by atoms with Crippen molar-refractivity contribution >= 4 is 11.9 Å². The van der Waals surface area contributed by atoms with Crippen molar-refractivity contribution in [2.75, 3.05) is 7.11 Å². The predicted octanol–water partition coefficient (Wildman–Crippen LogP) is 4.09. The Morgan fingerprint density at radius 2 is 1.80 bits per heavy atom. The van der Waals surface area contributed by atoms with Crippen LogP contribution in [0, 0.1) is 0 Å². The van der Waals surface area contributed by atoms with Crippen molar-refractivity contribution in [1.82, 2.24) is 9.78 Å². The van der Waals surface area contributed by atoms with E-state index >= 15 is 0 Å². The lowest BCUT2D eigenvalue weighted by Crippen LogP contribution is -2.15. The van der Waals surface area contributed by atoms with E-state index in [4.69, 9.17) is 4.74 Å². The number of benzene rings is 2. The van der Waals surface area contributed by atoms with Gasteiger partial charge in [0.05, 0.1) is 30.3 Å². The molecule has 0 N–H and O–H groups in total. The Hall–Kier alpha value is -3.14. The summed E-state index contributed by atoms with van der Waals surface area (Å²) in [4.78, 5) is 12.8. The quantitative estimate of drug-likeness (QED) is 0.679. The van der Waals surface area contributed by atoms with Gasteiger partial charge in [-0.15, -0.1) is 0 Å². The zero-order valence-corrected chi connectivity index (χ0v) is 14.0. The van der Waals surface area contributed by atoms with Gasteiger partial charge in [0.15, 0.2) is 5.78 Å². The van der Waals surface area contributed by atoms with Crippen molar-refractivity contribution < 1.29 is 9.53 Å². The van der Waals surface area contributed by atoms with E-state index in [-0.39, 0.29) is 5.78 Å². The Kier molecular flexibility index (Phi) is 3.94. The minimum Gasteiger partial charge on any atom is -0.497 e. The minimum absolute atomic E-state index is 0.0687. The second kappa shape index (κ2) is 6.40. The van der Waals surface area contributed by atoms with Crippen LogP contribution in [-0.4, -0.2) is 22.7 Å². The average molecular weight is 330 g/mol. The minimum atomic E-state index is 0.0687. The molecular formula is C21H18N2O2. The van der Waals surface area contributed by atoms with E-state index in [1.807, 2.05) is 65.4 Å². The first-order valence-electron chi connectivity index (χ1n) is 8.28. The number of hydrogen-bond donors (Lipinski definition) is 0. The van der Waals surface area contributed by atoms with Crippen LogP contribution in [0.2, 0.25) is 0 Å². The van der Waals surface area contributed by atoms with Crippen LogP contribution in [-0.2, 0) is 6.42 Å². The first-order valence-corrected chi connectivity index (χ1v) is 8.28. The first-order chi connectivity index (χ1) is 12.3. The molecule has 1 heterocycles. The lowest BCUT2D eigenvalue weighted by Gasteiger charge is -2.16. The number of hydrogen-bond acceptors (Lipinski definition) is 3. The number of allylic oxidation sites excluding steroid dienone is 1. The normalized spacial score (nSPS) is 15.2. The van der Waals surface area contributed by atoms with Gasteiger partial charge in [0, 0.05) is 5.57 Å². The van der Waals surface area contributed by atoms with Crippen LogP contribution in [0.3, 0.4) is 0 Å². The molecule has 4 heteroatoms. The number of ether oxygens (including phenoxy) is 1. The molecule has 0 saturated carbocycles. The van der Waals surface area contributed by atoms with Crippen LogP contribution >= 0.6 is 0 Å². The number of Topliss-reactive ketones (excluding diaryl/α,β-unsaturated/α-hetero) is 1. The molecule has 0 fully saturated rings. The number of carbonyl (C=O) groups excluding carboxylic acids is 1. The Labute approximate surface area is 146 Å². The Balaban J connectivity index is 1.66. The van der Waals surface area contributed by atoms with Crippen molar-refractivity contribution in [3.8, 4) is 11.4 Å². The zero-order valence-electron chi connectivity index (χ0n) is 14.0. The summed E-state index contributed by atoms with van der Waals surface area (Å²) in [7, 11) is 1.64. The Morgan fingerprint density at radius 1 is 1.04 bits per heavy atom. The van der Waals surface area contributed by atoms with Crippen molar-refractivity contribution in [2.24, 2.45) is 0 Å². The molecule has 3 aromatic rings. The highest BCUT2D eigenvalue weighted by molar-refractivity contribution is 6.12. The Bertz CT molecular complexity index is 938. The smallest absolute Gasteiger partial charge is 0.192 e. The fourth-order valence-corrected chi connectivity index (χ4v) is 3.17. The molecule has 2 aromatic carbocycles. The van der Waals surface area contributed by atoms with Gasteiger partial charge in [0.2, 0.25) is 0 Å². The van der Waals surface area contributed by atoms with E-state index < -0.39 is 0 Å². The number of methoxy groups -OCH3 is 1. The number of ketones is 1. The highest BCUT2D eigenvalue weighted by Gasteiger charge is 2.26. The molecule has 1 aromatic heterocycles. The molecule has 0 spiro atoms. The van der Waals surface area contributed by atoms with Gasteiger partial charge in [-0.3, -0.25) is 4.79 Å². The summed E-state index contributed by atoms with van der Waals surface area (Å²) >= 11 is 0. The average Bonchev–Trinajstić information content (AvgIpc) is 3.10. The first kappa shape index (κ1) is 15.4. The molecule has 25 heavy (non-hydrogen) atoms. The van der Waals surface area contributed by atoms with Gasteiger partial charge < -0.3 is 4.74 Å². The van der Waals surface area contributed by atoms with Gasteiger partial charge in [-0.05, 0) is 48.7 Å². The molecule has 124 valence electrons. The van der Waals surface area contributed by atoms with Gasteiger partial charge in [-0.1, -0.05) is 30.3 Å². The molecular weight excluding hydrogens is 312 g/mol. The molecule has 4 rings (SSSR count). The fourth-order valence-electron chi connectivity index (χ4n) is 3.17. The molecule has 0 atom stereocenters. The predicted molar refractivity (Wildman–Crippen MR) is 97.2 cm³/mol. The van der Waals surface area contributed by atoms with Crippen LogP contribution in [0.5, 0.6) is 5.75 Å². The van der Waals surface area contributed by atoms with Crippen LogP contribution in [0.1, 0.15) is 28.0 Å². The maximum Gasteiger partial charge on any atom is 0.192 e. The highest BCUT2D eigenvalue weighted by atomic mass is 16.5. The van der Waals surface area contributed by atoms with Gasteiger partial charge in [0.1, 0.15) is 5.75 Å². The van der Waals surface area contributed by atoms with Crippen LogP contribution in [0.25, 0.3) is 11.8 Å². The maximum absolute atomic E-state index is 12.8. The number of fused-ring (bicyclic) bond motifs is 1. The molecule has 4 nitrogen and oxygen atoms in total. The molecule has 0 amide bonds. The lowest BCUT2D eigenvalue weighted by molar-refractivity contribution is 0.102. The van der Waals surface area contributed by atoms with E-state index in [1.54, 1.807) is 13.3 Å². The second-order valence-electron chi connectivity index (χ2n) is 6.02. The van der Waals surface area contributed by atoms with Gasteiger partial charge in [0.25, 0.3) is 0 Å². The molecule has 0 saturated heterocycles. The standard InChI is InChI=1S/C21H18N2O2/c1-25-18-10-7-15(8-11-18)13-16-9-12-20-19(21(16)24)14-22-23(20)17-5-3-2-4-6-17/h2-8,10-11,13-14H,9,12H2,1H3. The lowest BCUT2D eigenvalue weighted by atomic mass is 9.90. The maximum atomic E-state index is 12.8. The number of carbonyl (C=O) groups is 1. The SMILES string of the molecule is COc1ccc(C=C2CCc3c(cnn3-c3ccccc3)C2=O)cc1. The van der Waals surface area contributed by atoms with Crippen molar-refractivity contribution in [3.05, 3.63) is 83.2 Å². The van der Waals surface area contributed by atoms with E-state index in [0.29, 0.717) is 5.56 Å². The van der Waals surface area contributed by atoms with E-state index in [0.717, 1.165) is 41.1 Å². The summed E-state index contributed by atoms with van der Waals surface area (Å²) in [6.45, 7) is 0. The van der Waals surface area contributed by atoms with Crippen LogP contribution in [0.15, 0.2) is 66.4 Å². The summed E-state index contributed by atoms with van der Waals surface area (Å²) < 4.78 is 7.05. The largest absolute Gasteiger partial charge is 0.497 e. The summed E-state index contributed by atoms with van der Waals surface area (Å²) in [6.07, 6.45) is 5.17. The summed E-state index contributed by atoms with van der Waals surface area (Å²) in [5.74, 6) is 0.878. The second-order valence-corrected chi connectivity index (χ2v) is 6.02. The number of rotatable bonds is 3. The van der Waals surface area contributed by atoms with Crippen LogP contribution < -0.4 is 4.74 Å². The Morgan fingerprint density at radius 3 is 2.52 bits per heavy atom. The van der Waals surface area contributed by atoms with Gasteiger partial charge in [-0.25, -0.2) is 4.68 Å². The number of aromatic nitrogens is 2. The van der Waals surface area contributed by atoms with Crippen molar-refractivity contribution in [2.45, 2.75) is 12.8 Å². The van der Waals surface area contributed by atoms with Crippen molar-refractivity contribution in [3.63, 3.8) is 0 Å². The summed E-state index contributed by atoms with van der Waals surface area (Å²) in [6, 6.07) is 17.6. The molecule has 1 aliphatic rings. The van der Waals surface area contributed by atoms with E-state index in [2.05, 4.69) is 5.10 Å². The molecule has 0 aliphatic heterocycles. The highest BCUT2D eigenvalue weighted by Crippen LogP contribution is 2.28. The molecule has 0 radical (unpaired) electrons. The number of para-hydroxylation sites is 1.